The number of nitrogens with one attached hydrogen (secondary N) is 2. The zero-order valence-corrected chi connectivity index (χ0v) is 23.4. The highest BCUT2D eigenvalue weighted by molar-refractivity contribution is 6.04. The third-order valence-corrected chi connectivity index (χ3v) is 7.10. The van der Waals surface area contributed by atoms with E-state index in [1.54, 1.807) is 35.4 Å². The Bertz CT molecular complexity index is 2030. The number of anilines is 1. The topological polar surface area (TPSA) is 107 Å². The number of amides is 1. The summed E-state index contributed by atoms with van der Waals surface area (Å²) in [5.41, 5.74) is 2.78. The van der Waals surface area contributed by atoms with E-state index in [4.69, 9.17) is 4.74 Å². The van der Waals surface area contributed by atoms with E-state index in [0.29, 0.717) is 22.7 Å². The van der Waals surface area contributed by atoms with Gasteiger partial charge >= 0.3 is 0 Å². The number of H-pyrrole nitrogens is 1. The van der Waals surface area contributed by atoms with E-state index in [1.807, 2.05) is 27.0 Å². The summed E-state index contributed by atoms with van der Waals surface area (Å²) in [4.78, 5) is 26.6. The molecule has 0 unspecified atom stereocenters. The van der Waals surface area contributed by atoms with E-state index in [0.717, 1.165) is 22.5 Å². The van der Waals surface area contributed by atoms with Crippen molar-refractivity contribution in [3.63, 3.8) is 0 Å². The van der Waals surface area contributed by atoms with Crippen molar-refractivity contribution in [3.8, 4) is 28.3 Å². The van der Waals surface area contributed by atoms with Crippen molar-refractivity contribution in [1.29, 1.82) is 0 Å². The molecule has 3 heterocycles. The number of aromatic nitrogens is 5. The number of hydrogen-bond donors (Lipinski definition) is 2. The second kappa shape index (κ2) is 11.0. The average molecular weight is 581 g/mol. The number of halogens is 2. The molecule has 6 rings (SSSR count). The Kier molecular flexibility index (Phi) is 7.06. The third-order valence-electron chi connectivity index (χ3n) is 7.10. The molecule has 0 saturated heterocycles. The monoisotopic (exact) mass is 580 g/mol. The molecule has 2 N–H and O–H groups in total. The average Bonchev–Trinajstić information content (AvgIpc) is 3.64. The van der Waals surface area contributed by atoms with Gasteiger partial charge in [-0.25, -0.2) is 8.78 Å². The summed E-state index contributed by atoms with van der Waals surface area (Å²) in [6, 6.07) is 16.2. The molecule has 0 aliphatic rings. The zero-order chi connectivity index (χ0) is 30.2. The molecule has 0 atom stereocenters. The minimum Gasteiger partial charge on any atom is -0.454 e. The molecule has 6 aromatic rings. The maximum absolute atomic E-state index is 15.3. The van der Waals surface area contributed by atoms with Gasteiger partial charge in [0, 0.05) is 52.9 Å². The van der Waals surface area contributed by atoms with Crippen LogP contribution in [0.3, 0.4) is 0 Å². The van der Waals surface area contributed by atoms with Gasteiger partial charge in [-0.2, -0.15) is 10.2 Å². The highest BCUT2D eigenvalue weighted by atomic mass is 19.1. The first kappa shape index (κ1) is 27.6. The van der Waals surface area contributed by atoms with E-state index < -0.39 is 23.1 Å². The maximum atomic E-state index is 15.3. The van der Waals surface area contributed by atoms with Crippen molar-refractivity contribution in [2.75, 3.05) is 5.32 Å². The molecule has 0 fully saturated rings. The van der Waals surface area contributed by atoms with Gasteiger partial charge < -0.3 is 10.1 Å². The molecule has 216 valence electrons. The molecule has 0 saturated carbocycles. The SMILES string of the molecule is CC(C)c1ccc(C(=O)Nc2ccc(Oc3cc4cnn(C)c4cc3-c3cn[nH]c3)c(F)c2)c(=O)n1-c1ccc(F)cc1. The smallest absolute Gasteiger partial charge is 0.268 e. The van der Waals surface area contributed by atoms with Gasteiger partial charge in [-0.05, 0) is 66.6 Å². The van der Waals surface area contributed by atoms with Crippen molar-refractivity contribution < 1.29 is 18.3 Å². The van der Waals surface area contributed by atoms with Crippen molar-refractivity contribution in [2.45, 2.75) is 19.8 Å². The summed E-state index contributed by atoms with van der Waals surface area (Å²) in [5.74, 6) is -1.60. The molecule has 0 aliphatic carbocycles. The molecule has 0 aliphatic heterocycles. The zero-order valence-electron chi connectivity index (χ0n) is 23.4. The van der Waals surface area contributed by atoms with Crippen LogP contribution in [0.4, 0.5) is 14.5 Å². The molecule has 0 spiro atoms. The van der Waals surface area contributed by atoms with Crippen LogP contribution in [0.25, 0.3) is 27.7 Å². The minimum absolute atomic E-state index is 0.0515. The van der Waals surface area contributed by atoms with Gasteiger partial charge in [0.05, 0.1) is 17.9 Å². The Balaban J connectivity index is 1.29. The van der Waals surface area contributed by atoms with Crippen LogP contribution < -0.4 is 15.6 Å². The van der Waals surface area contributed by atoms with E-state index in [2.05, 4.69) is 20.6 Å². The Morgan fingerprint density at radius 3 is 2.47 bits per heavy atom. The summed E-state index contributed by atoms with van der Waals surface area (Å²) in [5, 5.41) is 14.5. The van der Waals surface area contributed by atoms with Crippen LogP contribution in [0.15, 0.2) is 90.1 Å². The lowest BCUT2D eigenvalue weighted by Crippen LogP contribution is -2.30. The van der Waals surface area contributed by atoms with Crippen LogP contribution in [-0.2, 0) is 7.05 Å². The lowest BCUT2D eigenvalue weighted by Gasteiger charge is -2.17. The van der Waals surface area contributed by atoms with E-state index >= 15 is 4.39 Å². The Morgan fingerprint density at radius 2 is 1.77 bits per heavy atom. The minimum atomic E-state index is -0.721. The standard InChI is InChI=1S/C32H26F2N6O3/c1-18(2)27-10-9-24(32(42)40(27)23-7-4-21(33)5-8-23)31(41)38-22-6-11-29(26(34)13-22)43-30-12-19-17-37-39(3)28(19)14-25(30)20-15-35-36-16-20/h4-18H,1-3H3,(H,35,36)(H,38,41). The number of aromatic amines is 1. The molecule has 43 heavy (non-hydrogen) atoms. The van der Waals surface area contributed by atoms with E-state index in [9.17, 15) is 14.0 Å². The fourth-order valence-electron chi connectivity index (χ4n) is 4.90. The van der Waals surface area contributed by atoms with Crippen molar-refractivity contribution in [1.82, 2.24) is 24.5 Å². The first-order valence-electron chi connectivity index (χ1n) is 13.4. The fraction of sp³-hybridized carbons (Fsp3) is 0.125. The number of carbonyl (C=O) groups excluding carboxylic acids is 1. The number of carbonyl (C=O) groups is 1. The summed E-state index contributed by atoms with van der Waals surface area (Å²) in [6.07, 6.45) is 5.03. The maximum Gasteiger partial charge on any atom is 0.268 e. The summed E-state index contributed by atoms with van der Waals surface area (Å²) >= 11 is 0. The van der Waals surface area contributed by atoms with E-state index in [-0.39, 0.29) is 22.9 Å². The molecule has 0 radical (unpaired) electrons. The van der Waals surface area contributed by atoms with Gasteiger partial charge in [-0.3, -0.25) is 23.9 Å². The number of fused-ring (bicyclic) bond motifs is 1. The van der Waals surface area contributed by atoms with Crippen LogP contribution >= 0.6 is 0 Å². The lowest BCUT2D eigenvalue weighted by molar-refractivity contribution is 0.102. The predicted octanol–water partition coefficient (Wildman–Crippen LogP) is 6.56. The molecule has 3 aromatic heterocycles. The second-order valence-electron chi connectivity index (χ2n) is 10.3. The molecule has 0 bridgehead atoms. The molecule has 3 aromatic carbocycles. The highest BCUT2D eigenvalue weighted by Crippen LogP contribution is 2.37. The Morgan fingerprint density at radius 1 is 0.977 bits per heavy atom. The predicted molar refractivity (Wildman–Crippen MR) is 159 cm³/mol. The normalized spacial score (nSPS) is 11.3. The summed E-state index contributed by atoms with van der Waals surface area (Å²) < 4.78 is 38.0. The van der Waals surface area contributed by atoms with Crippen molar-refractivity contribution in [2.24, 2.45) is 7.05 Å². The second-order valence-corrected chi connectivity index (χ2v) is 10.3. The van der Waals surface area contributed by atoms with Crippen LogP contribution in [0.5, 0.6) is 11.5 Å². The van der Waals surface area contributed by atoms with Crippen LogP contribution in [-0.4, -0.2) is 30.5 Å². The van der Waals surface area contributed by atoms with Gasteiger partial charge in [-0.15, -0.1) is 0 Å². The van der Waals surface area contributed by atoms with Crippen LogP contribution in [0.2, 0.25) is 0 Å². The fourth-order valence-corrected chi connectivity index (χ4v) is 4.90. The van der Waals surface area contributed by atoms with Gasteiger partial charge in [0.15, 0.2) is 11.6 Å². The Hall–Kier alpha value is -5.58. The quantitative estimate of drug-likeness (QED) is 0.222. The van der Waals surface area contributed by atoms with Crippen LogP contribution in [0.1, 0.15) is 35.8 Å². The first-order chi connectivity index (χ1) is 20.7. The molecule has 1 amide bonds. The summed E-state index contributed by atoms with van der Waals surface area (Å²) in [6.45, 7) is 3.82. The number of ether oxygens (including phenoxy) is 1. The Labute approximate surface area is 244 Å². The van der Waals surface area contributed by atoms with Crippen molar-refractivity contribution in [3.05, 3.63) is 119 Å². The van der Waals surface area contributed by atoms with Crippen molar-refractivity contribution >= 4 is 22.5 Å². The molecular weight excluding hydrogens is 554 g/mol. The van der Waals surface area contributed by atoms with Crippen LogP contribution in [0, 0.1) is 11.6 Å². The third kappa shape index (κ3) is 5.28. The molecule has 11 heteroatoms. The number of benzene rings is 3. The first-order valence-corrected chi connectivity index (χ1v) is 13.4. The van der Waals surface area contributed by atoms with Gasteiger partial charge in [-0.1, -0.05) is 13.8 Å². The number of hydrogen-bond acceptors (Lipinski definition) is 5. The van der Waals surface area contributed by atoms with Gasteiger partial charge in [0.2, 0.25) is 0 Å². The number of nitrogens with zero attached hydrogens (tertiary/aromatic N) is 4. The molecule has 9 nitrogen and oxygen atoms in total. The van der Waals surface area contributed by atoms with E-state index in [1.165, 1.54) is 47.0 Å². The largest absolute Gasteiger partial charge is 0.454 e. The lowest BCUT2D eigenvalue weighted by atomic mass is 10.1. The number of pyridine rings is 1. The number of aryl methyl sites for hydroxylation is 1. The molecular formula is C32H26F2N6O3. The summed E-state index contributed by atoms with van der Waals surface area (Å²) in [7, 11) is 1.82. The number of rotatable bonds is 7. The highest BCUT2D eigenvalue weighted by Gasteiger charge is 2.20. The van der Waals surface area contributed by atoms with Gasteiger partial charge in [0.1, 0.15) is 17.1 Å². The van der Waals surface area contributed by atoms with Gasteiger partial charge in [0.25, 0.3) is 11.5 Å².